The number of hydrogen-bond acceptors (Lipinski definition) is 4. The normalized spacial score (nSPS) is 23.5. The molecule has 1 rings (SSSR count). The van der Waals surface area contributed by atoms with Gasteiger partial charge in [-0.3, -0.25) is 0 Å². The van der Waals surface area contributed by atoms with Gasteiger partial charge in [-0.25, -0.2) is 9.98 Å². The zero-order valence-electron chi connectivity index (χ0n) is 12.4. The molecule has 0 amide bonds. The highest BCUT2D eigenvalue weighted by Gasteiger charge is 2.34. The van der Waals surface area contributed by atoms with E-state index in [0.717, 1.165) is 11.6 Å². The Morgan fingerprint density at radius 2 is 1.84 bits per heavy atom. The highest BCUT2D eigenvalue weighted by atomic mass is 35.5. The van der Waals surface area contributed by atoms with E-state index in [1.807, 2.05) is 6.92 Å². The minimum Gasteiger partial charge on any atom is -0.483 e. The molecule has 0 fully saturated rings. The molecule has 2 unspecified atom stereocenters. The third kappa shape index (κ3) is 4.08. The number of ether oxygens (including phenoxy) is 2. The lowest BCUT2D eigenvalue weighted by atomic mass is 10.1. The molecule has 0 saturated carbocycles. The van der Waals surface area contributed by atoms with Crippen molar-refractivity contribution in [2.24, 2.45) is 9.98 Å². The van der Waals surface area contributed by atoms with Crippen molar-refractivity contribution in [2.45, 2.75) is 38.1 Å². The van der Waals surface area contributed by atoms with Gasteiger partial charge in [-0.1, -0.05) is 19.7 Å². The monoisotopic (exact) mass is 302 g/mol. The van der Waals surface area contributed by atoms with Crippen LogP contribution in [0.3, 0.4) is 0 Å². The summed E-state index contributed by atoms with van der Waals surface area (Å²) in [5.74, 6) is 1.26. The average Bonchev–Trinajstić information content (AvgIpc) is 2.37. The maximum absolute atomic E-state index is 6.04. The Labute approximate surface area is 121 Å². The molecular weight excluding hydrogens is 280 g/mol. The first-order valence-corrected chi connectivity index (χ1v) is 10.2. The van der Waals surface area contributed by atoms with Crippen LogP contribution in [0.4, 0.5) is 0 Å². The lowest BCUT2D eigenvalue weighted by Crippen LogP contribution is -2.41. The Morgan fingerprint density at radius 3 is 2.26 bits per heavy atom. The predicted octanol–water partition coefficient (Wildman–Crippen LogP) is 2.89. The van der Waals surface area contributed by atoms with Crippen molar-refractivity contribution < 1.29 is 9.47 Å². The van der Waals surface area contributed by atoms with E-state index in [1.165, 1.54) is 0 Å². The van der Waals surface area contributed by atoms with Crippen molar-refractivity contribution in [3.05, 3.63) is 12.2 Å². The molecule has 0 bridgehead atoms. The molecule has 0 saturated heterocycles. The molecule has 1 aliphatic rings. The Bertz CT molecular complexity index is 407. The van der Waals surface area contributed by atoms with Gasteiger partial charge >= 0.3 is 0 Å². The lowest BCUT2D eigenvalue weighted by Gasteiger charge is -2.29. The average molecular weight is 303 g/mol. The van der Waals surface area contributed by atoms with Crippen LogP contribution in [0.25, 0.3) is 0 Å². The van der Waals surface area contributed by atoms with Crippen molar-refractivity contribution in [2.75, 3.05) is 19.7 Å². The van der Waals surface area contributed by atoms with E-state index in [-0.39, 0.29) is 12.1 Å². The molecule has 4 nitrogen and oxygen atoms in total. The maximum atomic E-state index is 6.04. The van der Waals surface area contributed by atoms with Crippen LogP contribution < -0.4 is 0 Å². The summed E-state index contributed by atoms with van der Waals surface area (Å²) in [6.45, 7) is 10.3. The van der Waals surface area contributed by atoms with Gasteiger partial charge in [-0.15, -0.1) is 11.6 Å². The molecule has 2 atom stereocenters. The van der Waals surface area contributed by atoms with Crippen LogP contribution in [-0.4, -0.2) is 51.7 Å². The minimum absolute atomic E-state index is 0.0871. The second-order valence-electron chi connectivity index (χ2n) is 5.61. The van der Waals surface area contributed by atoms with E-state index >= 15 is 0 Å². The van der Waals surface area contributed by atoms with E-state index in [4.69, 9.17) is 21.1 Å². The van der Waals surface area contributed by atoms with E-state index < -0.39 is 8.07 Å². The summed E-state index contributed by atoms with van der Waals surface area (Å²) >= 11 is 6.04. The van der Waals surface area contributed by atoms with Crippen LogP contribution in [0.15, 0.2) is 22.1 Å². The molecule has 0 N–H and O–H groups in total. The summed E-state index contributed by atoms with van der Waals surface area (Å²) in [6.07, 6.45) is 0. The molecule has 0 aromatic rings. The quantitative estimate of drug-likeness (QED) is 0.455. The van der Waals surface area contributed by atoms with Crippen molar-refractivity contribution in [3.8, 4) is 0 Å². The Kier molecular flexibility index (Phi) is 5.61. The molecule has 6 heteroatoms. The molecule has 108 valence electrons. The Hall–Kier alpha value is -0.813. The fraction of sp³-hybridized carbons (Fsp3) is 0.692. The maximum Gasteiger partial charge on any atom is 0.213 e. The molecule has 0 radical (unpaired) electrons. The topological polar surface area (TPSA) is 43.2 Å². The highest BCUT2D eigenvalue weighted by molar-refractivity contribution is 6.83. The lowest BCUT2D eigenvalue weighted by molar-refractivity contribution is 0.354. The molecule has 19 heavy (non-hydrogen) atoms. The van der Waals surface area contributed by atoms with E-state index in [1.54, 1.807) is 14.2 Å². The van der Waals surface area contributed by atoms with Gasteiger partial charge in [0.2, 0.25) is 11.8 Å². The first-order chi connectivity index (χ1) is 8.84. The summed E-state index contributed by atoms with van der Waals surface area (Å²) in [5.41, 5.74) is 1.59. The van der Waals surface area contributed by atoms with Gasteiger partial charge in [0.1, 0.15) is 12.1 Å². The smallest absolute Gasteiger partial charge is 0.213 e. The standard InChI is InChI=1S/C13H23ClN2O2Si/c1-9(2)11-13(18-4)15-10(12(16-11)17-3)7-19(5,6)8-14/h10-11H,1,7-8H2,2-6H3. The fourth-order valence-electron chi connectivity index (χ4n) is 1.93. The van der Waals surface area contributed by atoms with Gasteiger partial charge in [-0.05, 0) is 18.5 Å². The number of alkyl halides is 1. The van der Waals surface area contributed by atoms with Crippen molar-refractivity contribution in [3.63, 3.8) is 0 Å². The molecule has 0 aliphatic carbocycles. The van der Waals surface area contributed by atoms with Gasteiger partial charge in [-0.2, -0.15) is 0 Å². The van der Waals surface area contributed by atoms with Crippen LogP contribution in [0.5, 0.6) is 0 Å². The number of aliphatic imine (C=N–C) groups is 2. The summed E-state index contributed by atoms with van der Waals surface area (Å²) in [7, 11) is 1.75. The summed E-state index contributed by atoms with van der Waals surface area (Å²) in [6, 6.07) is 0.576. The van der Waals surface area contributed by atoms with Crippen molar-refractivity contribution >= 4 is 31.5 Å². The summed E-state index contributed by atoms with van der Waals surface area (Å²) < 4.78 is 10.7. The molecule has 0 spiro atoms. The van der Waals surface area contributed by atoms with Gasteiger partial charge in [0.25, 0.3) is 0 Å². The fourth-order valence-corrected chi connectivity index (χ4v) is 3.68. The van der Waals surface area contributed by atoms with Gasteiger partial charge in [0, 0.05) is 5.50 Å². The number of nitrogens with zero attached hydrogens (tertiary/aromatic N) is 2. The first kappa shape index (κ1) is 16.2. The summed E-state index contributed by atoms with van der Waals surface area (Å²) in [4.78, 5) is 9.21. The van der Waals surface area contributed by atoms with E-state index in [2.05, 4.69) is 29.7 Å². The summed E-state index contributed by atoms with van der Waals surface area (Å²) in [5, 5.41) is 0. The highest BCUT2D eigenvalue weighted by Crippen LogP contribution is 2.23. The largest absolute Gasteiger partial charge is 0.483 e. The molecule has 1 heterocycles. The van der Waals surface area contributed by atoms with Crippen LogP contribution in [0, 0.1) is 0 Å². The second-order valence-corrected chi connectivity index (χ2v) is 11.4. The van der Waals surface area contributed by atoms with E-state index in [0.29, 0.717) is 17.3 Å². The number of methoxy groups -OCH3 is 2. The van der Waals surface area contributed by atoms with Crippen LogP contribution in [0.1, 0.15) is 6.92 Å². The molecule has 1 aliphatic heterocycles. The van der Waals surface area contributed by atoms with Crippen molar-refractivity contribution in [1.29, 1.82) is 0 Å². The first-order valence-electron chi connectivity index (χ1n) is 6.29. The van der Waals surface area contributed by atoms with Gasteiger partial charge in [0.05, 0.1) is 22.3 Å². The van der Waals surface area contributed by atoms with E-state index in [9.17, 15) is 0 Å². The Balaban J connectivity index is 3.02. The predicted molar refractivity (Wildman–Crippen MR) is 84.3 cm³/mol. The molecule has 0 aromatic heterocycles. The van der Waals surface area contributed by atoms with Gasteiger partial charge < -0.3 is 9.47 Å². The van der Waals surface area contributed by atoms with Crippen LogP contribution in [-0.2, 0) is 9.47 Å². The zero-order chi connectivity index (χ0) is 14.6. The van der Waals surface area contributed by atoms with Crippen molar-refractivity contribution in [1.82, 2.24) is 0 Å². The molecular formula is C13H23ClN2O2Si. The van der Waals surface area contributed by atoms with Crippen LogP contribution >= 0.6 is 11.6 Å². The second kappa shape index (κ2) is 6.57. The molecule has 0 aromatic carbocycles. The number of hydrogen-bond donors (Lipinski definition) is 0. The number of rotatable bonds is 4. The number of halogens is 1. The Morgan fingerprint density at radius 1 is 1.26 bits per heavy atom. The third-order valence-electron chi connectivity index (χ3n) is 3.05. The zero-order valence-corrected chi connectivity index (χ0v) is 14.1. The SMILES string of the molecule is C=C(C)C1N=C(OC)C(C[Si](C)(C)CCl)N=C1OC. The minimum atomic E-state index is -1.49. The van der Waals surface area contributed by atoms with Crippen LogP contribution in [0.2, 0.25) is 19.1 Å². The third-order valence-corrected chi connectivity index (χ3v) is 7.44. The van der Waals surface area contributed by atoms with Gasteiger partial charge in [0.15, 0.2) is 0 Å².